The zero-order valence-corrected chi connectivity index (χ0v) is 19.5. The molecule has 4 rings (SSSR count). The van der Waals surface area contributed by atoms with Gasteiger partial charge in [0.2, 0.25) is 0 Å². The second-order valence-electron chi connectivity index (χ2n) is 7.15. The molecule has 182 valence electrons. The SMILES string of the molecule is COC(=O)c1cnn(C)c1N=Nc1c(C)nn(-c2nc(OC)nc(-n3nc(C)c(N)c3N)n2)c1N. The molecule has 0 fully saturated rings. The lowest BCUT2D eigenvalue weighted by molar-refractivity contribution is 0.0601. The van der Waals surface area contributed by atoms with E-state index in [-0.39, 0.29) is 46.6 Å². The summed E-state index contributed by atoms with van der Waals surface area (Å²) in [7, 11) is 4.25. The minimum atomic E-state index is -0.606. The Morgan fingerprint density at radius 2 is 1.57 bits per heavy atom. The summed E-state index contributed by atoms with van der Waals surface area (Å²) in [5.74, 6) is -0.163. The zero-order valence-electron chi connectivity index (χ0n) is 19.5. The van der Waals surface area contributed by atoms with Gasteiger partial charge in [0.05, 0.1) is 37.5 Å². The average Bonchev–Trinajstić information content (AvgIpc) is 3.45. The predicted molar refractivity (Wildman–Crippen MR) is 122 cm³/mol. The van der Waals surface area contributed by atoms with E-state index in [1.54, 1.807) is 20.9 Å². The molecule has 0 radical (unpaired) electrons. The molecular formula is C18H22N14O3. The van der Waals surface area contributed by atoms with Gasteiger partial charge in [-0.2, -0.15) is 39.6 Å². The average molecular weight is 482 g/mol. The van der Waals surface area contributed by atoms with Crippen LogP contribution in [0.15, 0.2) is 16.4 Å². The molecule has 4 aromatic heterocycles. The minimum Gasteiger partial charge on any atom is -0.467 e. The van der Waals surface area contributed by atoms with E-state index in [4.69, 9.17) is 26.7 Å². The van der Waals surface area contributed by atoms with Crippen molar-refractivity contribution in [2.75, 3.05) is 31.4 Å². The monoisotopic (exact) mass is 482 g/mol. The quantitative estimate of drug-likeness (QED) is 0.252. The molecule has 0 saturated carbocycles. The molecule has 35 heavy (non-hydrogen) atoms. The highest BCUT2D eigenvalue weighted by molar-refractivity contribution is 5.93. The van der Waals surface area contributed by atoms with Crippen LogP contribution in [0.5, 0.6) is 6.01 Å². The Bertz CT molecular complexity index is 1460. The van der Waals surface area contributed by atoms with E-state index in [1.807, 2.05) is 0 Å². The lowest BCUT2D eigenvalue weighted by atomic mass is 10.3. The van der Waals surface area contributed by atoms with Crippen LogP contribution >= 0.6 is 0 Å². The van der Waals surface area contributed by atoms with Crippen molar-refractivity contribution in [2.24, 2.45) is 17.3 Å². The summed E-state index contributed by atoms with van der Waals surface area (Å²) in [6, 6.07) is -0.0375. The third kappa shape index (κ3) is 3.94. The number of nitrogen functional groups attached to an aromatic ring is 3. The van der Waals surface area contributed by atoms with E-state index in [2.05, 4.69) is 40.5 Å². The van der Waals surface area contributed by atoms with Crippen LogP contribution in [-0.2, 0) is 11.8 Å². The summed E-state index contributed by atoms with van der Waals surface area (Å²) in [6.07, 6.45) is 1.33. The molecule has 0 amide bonds. The van der Waals surface area contributed by atoms with Crippen LogP contribution in [0.3, 0.4) is 0 Å². The third-order valence-electron chi connectivity index (χ3n) is 4.92. The van der Waals surface area contributed by atoms with Crippen molar-refractivity contribution in [3.8, 4) is 17.9 Å². The van der Waals surface area contributed by atoms with E-state index >= 15 is 0 Å². The molecule has 17 heteroatoms. The maximum Gasteiger partial charge on any atom is 0.343 e. The fourth-order valence-corrected chi connectivity index (χ4v) is 3.04. The topological polar surface area (TPSA) is 230 Å². The summed E-state index contributed by atoms with van der Waals surface area (Å²) in [4.78, 5) is 24.7. The summed E-state index contributed by atoms with van der Waals surface area (Å²) in [6.45, 7) is 3.36. The van der Waals surface area contributed by atoms with Crippen molar-refractivity contribution in [2.45, 2.75) is 13.8 Å². The number of nitrogens with zero attached hydrogens (tertiary/aromatic N) is 11. The number of hydrogen-bond acceptors (Lipinski definition) is 14. The van der Waals surface area contributed by atoms with Crippen molar-refractivity contribution >= 4 is 34.8 Å². The number of rotatable bonds is 6. The molecule has 0 bridgehead atoms. The molecule has 0 atom stereocenters. The van der Waals surface area contributed by atoms with Crippen LogP contribution in [-0.4, -0.2) is 64.5 Å². The zero-order chi connectivity index (χ0) is 25.4. The van der Waals surface area contributed by atoms with Crippen molar-refractivity contribution in [1.29, 1.82) is 0 Å². The van der Waals surface area contributed by atoms with E-state index in [1.165, 1.54) is 34.5 Å². The third-order valence-corrected chi connectivity index (χ3v) is 4.92. The van der Waals surface area contributed by atoms with Crippen LogP contribution in [0.25, 0.3) is 11.9 Å². The van der Waals surface area contributed by atoms with Crippen LogP contribution < -0.4 is 21.9 Å². The summed E-state index contributed by atoms with van der Waals surface area (Å²) >= 11 is 0. The predicted octanol–water partition coefficient (Wildman–Crippen LogP) is 0.551. The smallest absolute Gasteiger partial charge is 0.343 e. The Morgan fingerprint density at radius 1 is 0.943 bits per heavy atom. The molecule has 4 aromatic rings. The molecule has 0 aliphatic rings. The first kappa shape index (κ1) is 23.1. The van der Waals surface area contributed by atoms with E-state index < -0.39 is 5.97 Å². The molecule has 6 N–H and O–H groups in total. The number of ether oxygens (including phenoxy) is 2. The number of esters is 1. The number of carbonyl (C=O) groups excluding carboxylic acids is 1. The fraction of sp³-hybridized carbons (Fsp3) is 0.278. The molecular weight excluding hydrogens is 460 g/mol. The first-order valence-corrected chi connectivity index (χ1v) is 9.94. The molecule has 4 heterocycles. The Morgan fingerprint density at radius 3 is 2.14 bits per heavy atom. The number of carbonyl (C=O) groups is 1. The van der Waals surface area contributed by atoms with Crippen molar-refractivity contribution in [3.63, 3.8) is 0 Å². The van der Waals surface area contributed by atoms with E-state index in [0.29, 0.717) is 17.1 Å². The van der Waals surface area contributed by atoms with Gasteiger partial charge >= 0.3 is 12.0 Å². The molecule has 0 spiro atoms. The number of hydrogen-bond donors (Lipinski definition) is 3. The van der Waals surface area contributed by atoms with Crippen molar-refractivity contribution in [1.82, 2.24) is 44.3 Å². The number of azo groups is 1. The molecule has 0 aliphatic heterocycles. The van der Waals surface area contributed by atoms with Gasteiger partial charge in [0, 0.05) is 7.05 Å². The van der Waals surface area contributed by atoms with Crippen molar-refractivity contribution < 1.29 is 14.3 Å². The number of methoxy groups -OCH3 is 2. The number of aryl methyl sites for hydroxylation is 3. The van der Waals surface area contributed by atoms with Gasteiger partial charge in [-0.05, 0) is 13.8 Å². The van der Waals surface area contributed by atoms with Gasteiger partial charge in [0.15, 0.2) is 23.1 Å². The Hall–Kier alpha value is -5.09. The summed E-state index contributed by atoms with van der Waals surface area (Å²) in [5.41, 5.74) is 19.8. The first-order valence-electron chi connectivity index (χ1n) is 9.94. The van der Waals surface area contributed by atoms with Gasteiger partial charge in [0.1, 0.15) is 5.56 Å². The summed E-state index contributed by atoms with van der Waals surface area (Å²) < 4.78 is 13.8. The van der Waals surface area contributed by atoms with E-state index in [0.717, 1.165) is 0 Å². The van der Waals surface area contributed by atoms with Crippen LogP contribution in [0.2, 0.25) is 0 Å². The molecule has 0 aromatic carbocycles. The molecule has 0 unspecified atom stereocenters. The molecule has 0 aliphatic carbocycles. The number of aromatic nitrogens is 9. The van der Waals surface area contributed by atoms with Crippen LogP contribution in [0.1, 0.15) is 21.7 Å². The summed E-state index contributed by atoms with van der Waals surface area (Å²) in [5, 5.41) is 20.9. The van der Waals surface area contributed by atoms with Crippen LogP contribution in [0.4, 0.5) is 28.8 Å². The first-order chi connectivity index (χ1) is 16.7. The maximum absolute atomic E-state index is 12.0. The van der Waals surface area contributed by atoms with Gasteiger partial charge in [-0.15, -0.1) is 10.2 Å². The van der Waals surface area contributed by atoms with Crippen molar-refractivity contribution in [3.05, 3.63) is 23.1 Å². The Kier molecular flexibility index (Phi) is 5.73. The largest absolute Gasteiger partial charge is 0.467 e. The lowest BCUT2D eigenvalue weighted by Gasteiger charge is -2.08. The highest BCUT2D eigenvalue weighted by Crippen LogP contribution is 2.31. The normalized spacial score (nSPS) is 11.3. The van der Waals surface area contributed by atoms with Crippen LogP contribution in [0, 0.1) is 13.8 Å². The van der Waals surface area contributed by atoms with Gasteiger partial charge < -0.3 is 26.7 Å². The Labute approximate surface area is 197 Å². The second-order valence-corrected chi connectivity index (χ2v) is 7.15. The highest BCUT2D eigenvalue weighted by atomic mass is 16.5. The minimum absolute atomic E-state index is 0.0100. The van der Waals surface area contributed by atoms with Gasteiger partial charge in [0.25, 0.3) is 11.9 Å². The number of anilines is 3. The van der Waals surface area contributed by atoms with E-state index in [9.17, 15) is 4.79 Å². The fourth-order valence-electron chi connectivity index (χ4n) is 3.04. The maximum atomic E-state index is 12.0. The molecule has 17 nitrogen and oxygen atoms in total. The van der Waals surface area contributed by atoms with Gasteiger partial charge in [-0.25, -0.2) is 9.48 Å². The Balaban J connectivity index is 1.78. The van der Waals surface area contributed by atoms with Gasteiger partial charge in [-0.1, -0.05) is 0 Å². The molecule has 0 saturated heterocycles. The lowest BCUT2D eigenvalue weighted by Crippen LogP contribution is -2.14. The second kappa shape index (κ2) is 8.69. The highest BCUT2D eigenvalue weighted by Gasteiger charge is 2.22. The standard InChI is InChI=1S/C18H22N14O3/c1-7-10(19)12(20)31(28-7)16-23-17(25-18(24-16)35-5)32-13(21)11(8(2)29-32)26-27-14-9(15(33)34-4)6-22-30(14)3/h6H,19-21H2,1-5H3. The van der Waals surface area contributed by atoms with Gasteiger partial charge in [-0.3, -0.25) is 0 Å². The number of nitrogens with two attached hydrogens (primary N) is 3.